The molecule has 4 rings (SSSR count). The summed E-state index contributed by atoms with van der Waals surface area (Å²) in [7, 11) is -3.32. The van der Waals surface area contributed by atoms with Crippen molar-refractivity contribution in [1.29, 1.82) is 0 Å². The Morgan fingerprint density at radius 1 is 1.20 bits per heavy atom. The van der Waals surface area contributed by atoms with E-state index in [4.69, 9.17) is 4.98 Å². The Morgan fingerprint density at radius 2 is 1.97 bits per heavy atom. The molecule has 4 heterocycles. The number of amides is 1. The standard InChI is InChI=1S/C20H28N4O4S2/c1-13-16-18(22-15-9-4-3-6-11-24(15)19(16)25)29-17(13)20(26)23-10-7-5-8-14(23)12-21-30(2,27)28/h14,21H,3-12H2,1-2H3. The average molecular weight is 453 g/mol. The molecule has 1 fully saturated rings. The van der Waals surface area contributed by atoms with Gasteiger partial charge in [0, 0.05) is 32.1 Å². The van der Waals surface area contributed by atoms with Crippen LogP contribution in [0, 0.1) is 6.92 Å². The van der Waals surface area contributed by atoms with E-state index >= 15 is 0 Å². The van der Waals surface area contributed by atoms with Crippen molar-refractivity contribution in [3.8, 4) is 0 Å². The van der Waals surface area contributed by atoms with Gasteiger partial charge < -0.3 is 4.90 Å². The molecule has 1 atom stereocenters. The number of nitrogens with one attached hydrogen (secondary N) is 1. The fourth-order valence-electron chi connectivity index (χ4n) is 4.47. The van der Waals surface area contributed by atoms with Crippen LogP contribution in [0.15, 0.2) is 4.79 Å². The van der Waals surface area contributed by atoms with Crippen LogP contribution in [-0.4, -0.2) is 54.2 Å². The lowest BCUT2D eigenvalue weighted by Crippen LogP contribution is -2.49. The Hall–Kier alpha value is -1.78. The third-order valence-corrected chi connectivity index (χ3v) is 7.94. The van der Waals surface area contributed by atoms with Crippen LogP contribution >= 0.6 is 11.3 Å². The highest BCUT2D eigenvalue weighted by Crippen LogP contribution is 2.31. The summed E-state index contributed by atoms with van der Waals surface area (Å²) in [4.78, 5) is 34.3. The molecule has 0 radical (unpaired) electrons. The van der Waals surface area contributed by atoms with Crippen molar-refractivity contribution < 1.29 is 13.2 Å². The summed E-state index contributed by atoms with van der Waals surface area (Å²) in [5, 5.41) is 0.553. The molecule has 10 heteroatoms. The van der Waals surface area contributed by atoms with Crippen LogP contribution < -0.4 is 10.3 Å². The Kier molecular flexibility index (Phi) is 6.00. The summed E-state index contributed by atoms with van der Waals surface area (Å²) in [6.07, 6.45) is 7.61. The molecule has 0 saturated carbocycles. The lowest BCUT2D eigenvalue weighted by molar-refractivity contribution is 0.0623. The van der Waals surface area contributed by atoms with Gasteiger partial charge in [0.25, 0.3) is 11.5 Å². The highest BCUT2D eigenvalue weighted by molar-refractivity contribution is 7.88. The van der Waals surface area contributed by atoms with Gasteiger partial charge in [-0.15, -0.1) is 11.3 Å². The highest BCUT2D eigenvalue weighted by atomic mass is 32.2. The molecule has 1 unspecified atom stereocenters. The molecule has 2 aliphatic heterocycles. The third-order valence-electron chi connectivity index (χ3n) is 6.07. The lowest BCUT2D eigenvalue weighted by atomic mass is 10.0. The Morgan fingerprint density at radius 3 is 2.73 bits per heavy atom. The number of carbonyl (C=O) groups excluding carboxylic acids is 1. The smallest absolute Gasteiger partial charge is 0.264 e. The van der Waals surface area contributed by atoms with E-state index in [0.29, 0.717) is 33.7 Å². The van der Waals surface area contributed by atoms with Crippen LogP contribution in [0.2, 0.25) is 0 Å². The fraction of sp³-hybridized carbons (Fsp3) is 0.650. The highest BCUT2D eigenvalue weighted by Gasteiger charge is 2.31. The maximum Gasteiger partial charge on any atom is 0.264 e. The van der Waals surface area contributed by atoms with Crippen LogP contribution in [-0.2, 0) is 23.0 Å². The van der Waals surface area contributed by atoms with Crippen molar-refractivity contribution in [2.75, 3.05) is 19.3 Å². The maximum absolute atomic E-state index is 13.4. The molecule has 1 N–H and O–H groups in total. The topological polar surface area (TPSA) is 101 Å². The van der Waals surface area contributed by atoms with E-state index in [-0.39, 0.29) is 24.1 Å². The van der Waals surface area contributed by atoms with Crippen molar-refractivity contribution in [1.82, 2.24) is 19.2 Å². The van der Waals surface area contributed by atoms with Crippen LogP contribution in [0.25, 0.3) is 10.2 Å². The van der Waals surface area contributed by atoms with Crippen LogP contribution in [0.1, 0.15) is 59.6 Å². The average Bonchev–Trinajstić information content (AvgIpc) is 2.87. The molecule has 164 valence electrons. The van der Waals surface area contributed by atoms with Gasteiger partial charge in [-0.2, -0.15) is 0 Å². The first-order chi connectivity index (χ1) is 14.3. The zero-order chi connectivity index (χ0) is 21.5. The van der Waals surface area contributed by atoms with Crippen LogP contribution in [0.4, 0.5) is 0 Å². The second-order valence-electron chi connectivity index (χ2n) is 8.30. The molecule has 0 spiro atoms. The first-order valence-corrected chi connectivity index (χ1v) is 13.3. The molecule has 8 nitrogen and oxygen atoms in total. The molecule has 0 aromatic carbocycles. The summed E-state index contributed by atoms with van der Waals surface area (Å²) >= 11 is 1.29. The lowest BCUT2D eigenvalue weighted by Gasteiger charge is -2.35. The summed E-state index contributed by atoms with van der Waals surface area (Å²) in [6.45, 7) is 3.31. The predicted octanol–water partition coefficient (Wildman–Crippen LogP) is 2.04. The Bertz CT molecular complexity index is 1140. The van der Waals surface area contributed by atoms with Gasteiger partial charge in [0.05, 0.1) is 16.5 Å². The molecule has 1 amide bonds. The third kappa shape index (κ3) is 4.17. The van der Waals surface area contributed by atoms with Gasteiger partial charge >= 0.3 is 0 Å². The number of piperidine rings is 1. The molecule has 0 aliphatic carbocycles. The number of aryl methyl sites for hydroxylation is 2. The number of nitrogens with zero attached hydrogens (tertiary/aromatic N) is 3. The van der Waals surface area contributed by atoms with Gasteiger partial charge in [0.1, 0.15) is 10.7 Å². The normalized spacial score (nSPS) is 20.2. The van der Waals surface area contributed by atoms with E-state index in [0.717, 1.165) is 57.0 Å². The quantitative estimate of drug-likeness (QED) is 0.765. The molecule has 0 bridgehead atoms. The van der Waals surface area contributed by atoms with Gasteiger partial charge in [-0.1, -0.05) is 6.42 Å². The van der Waals surface area contributed by atoms with E-state index < -0.39 is 10.0 Å². The van der Waals surface area contributed by atoms with E-state index in [1.807, 2.05) is 6.92 Å². The number of carbonyl (C=O) groups is 1. The van der Waals surface area contributed by atoms with Gasteiger partial charge in [-0.05, 0) is 44.6 Å². The van der Waals surface area contributed by atoms with E-state index in [9.17, 15) is 18.0 Å². The number of rotatable bonds is 4. The second-order valence-corrected chi connectivity index (χ2v) is 11.1. The monoisotopic (exact) mass is 452 g/mol. The molecule has 2 aromatic heterocycles. The minimum absolute atomic E-state index is 0.0429. The van der Waals surface area contributed by atoms with Crippen molar-refractivity contribution >= 4 is 37.5 Å². The van der Waals surface area contributed by atoms with Gasteiger partial charge in [0.2, 0.25) is 10.0 Å². The minimum Gasteiger partial charge on any atom is -0.334 e. The summed E-state index contributed by atoms with van der Waals surface area (Å²) < 4.78 is 27.4. The second kappa shape index (κ2) is 8.39. The van der Waals surface area contributed by atoms with E-state index in [1.54, 1.807) is 9.47 Å². The number of fused-ring (bicyclic) bond motifs is 2. The molecular weight excluding hydrogens is 424 g/mol. The maximum atomic E-state index is 13.4. The van der Waals surface area contributed by atoms with Gasteiger partial charge in [-0.3, -0.25) is 14.2 Å². The van der Waals surface area contributed by atoms with Crippen molar-refractivity contribution in [2.45, 2.75) is 64.5 Å². The molecule has 30 heavy (non-hydrogen) atoms. The number of hydrogen-bond donors (Lipinski definition) is 1. The summed E-state index contributed by atoms with van der Waals surface area (Å²) in [5.74, 6) is 0.688. The predicted molar refractivity (Wildman–Crippen MR) is 118 cm³/mol. The largest absolute Gasteiger partial charge is 0.334 e. The van der Waals surface area contributed by atoms with Gasteiger partial charge in [0.15, 0.2) is 0 Å². The number of hydrogen-bond acceptors (Lipinski definition) is 6. The van der Waals surface area contributed by atoms with Crippen molar-refractivity contribution in [3.63, 3.8) is 0 Å². The van der Waals surface area contributed by atoms with Gasteiger partial charge in [-0.25, -0.2) is 18.1 Å². The first-order valence-electron chi connectivity index (χ1n) is 10.5. The number of aromatic nitrogens is 2. The minimum atomic E-state index is -3.32. The first kappa shape index (κ1) is 21.5. The zero-order valence-corrected chi connectivity index (χ0v) is 19.1. The number of likely N-dealkylation sites (tertiary alicyclic amines) is 1. The number of sulfonamides is 1. The molecule has 1 saturated heterocycles. The molecular formula is C20H28N4O4S2. The van der Waals surface area contributed by atoms with Crippen LogP contribution in [0.5, 0.6) is 0 Å². The molecule has 2 aliphatic rings. The summed E-state index contributed by atoms with van der Waals surface area (Å²) in [6, 6.07) is -0.184. The summed E-state index contributed by atoms with van der Waals surface area (Å²) in [5.41, 5.74) is 0.649. The zero-order valence-electron chi connectivity index (χ0n) is 17.4. The number of thiophene rings is 1. The SMILES string of the molecule is Cc1c(C(=O)N2CCCCC2CNS(C)(=O)=O)sc2nc3n(c(=O)c12)CCCCC3. The Labute approximate surface area is 180 Å². The van der Waals surface area contributed by atoms with Crippen molar-refractivity contribution in [2.24, 2.45) is 0 Å². The van der Waals surface area contributed by atoms with E-state index in [1.165, 1.54) is 11.3 Å². The van der Waals surface area contributed by atoms with Crippen molar-refractivity contribution in [3.05, 3.63) is 26.6 Å². The fourth-order valence-corrected chi connectivity index (χ4v) is 6.11. The van der Waals surface area contributed by atoms with Crippen LogP contribution in [0.3, 0.4) is 0 Å². The Balaban J connectivity index is 1.69. The molecule has 2 aromatic rings. The van der Waals surface area contributed by atoms with E-state index in [2.05, 4.69) is 4.72 Å².